The maximum Gasteiger partial charge on any atom is 0.184 e. The van der Waals surface area contributed by atoms with Crippen molar-refractivity contribution in [1.82, 2.24) is 0 Å². The molecule has 2 aliphatic rings. The van der Waals surface area contributed by atoms with Crippen LogP contribution in [0.2, 0.25) is 0 Å². The van der Waals surface area contributed by atoms with Gasteiger partial charge in [0.2, 0.25) is 0 Å². The summed E-state index contributed by atoms with van der Waals surface area (Å²) in [7, 11) is 0. The summed E-state index contributed by atoms with van der Waals surface area (Å²) >= 11 is 0. The molecule has 0 heterocycles. The molecule has 5 atom stereocenters. The van der Waals surface area contributed by atoms with Crippen LogP contribution in [-0.4, -0.2) is 54.6 Å². The van der Waals surface area contributed by atoms with Gasteiger partial charge in [0.05, 0.1) is 17.1 Å². The first-order chi connectivity index (χ1) is 21.0. The Balaban J connectivity index is 2.50. The van der Waals surface area contributed by atoms with Crippen LogP contribution in [0.5, 0.6) is 11.5 Å². The smallest absolute Gasteiger partial charge is 0.184 e. The maximum atomic E-state index is 15.3. The Labute approximate surface area is 273 Å². The monoisotopic (exact) mass is 636 g/mol. The molecular weight excluding hydrogens is 584 g/mol. The number of fused-ring (bicyclic) bond motifs is 2. The quantitative estimate of drug-likeness (QED) is 0.0438. The van der Waals surface area contributed by atoms with Gasteiger partial charge in [0, 0.05) is 5.56 Å². The lowest BCUT2D eigenvalue weighted by atomic mass is 9.38. The Morgan fingerprint density at radius 1 is 0.978 bits per heavy atom. The van der Waals surface area contributed by atoms with Crippen LogP contribution >= 0.6 is 0 Å². The minimum atomic E-state index is -2.00. The van der Waals surface area contributed by atoms with Crippen LogP contribution in [0.25, 0.3) is 5.76 Å². The van der Waals surface area contributed by atoms with E-state index in [-0.39, 0.29) is 30.2 Å². The number of hydrogen-bond donors (Lipinski definition) is 5. The number of ketones is 3. The van der Waals surface area contributed by atoms with Crippen molar-refractivity contribution in [3.63, 3.8) is 0 Å². The van der Waals surface area contributed by atoms with Crippen molar-refractivity contribution in [2.75, 3.05) is 0 Å². The summed E-state index contributed by atoms with van der Waals surface area (Å²) in [5.41, 5.74) is -4.41. The van der Waals surface area contributed by atoms with Crippen LogP contribution in [-0.2, 0) is 14.4 Å². The number of Topliss-reactive ketones (excluding diaryl/α,β-unsaturated/α-hetero) is 3. The number of aliphatic hydroxyl groups is 3. The van der Waals surface area contributed by atoms with Gasteiger partial charge in [-0.25, -0.2) is 0 Å². The Bertz CT molecular complexity index is 1510. The standard InChI is InChI=1S/C38H52O8/c1-21(2)11-13-25(23(5)6)18-37-19-26(15-12-22(3)4)35(7,8)38(34(37)45,20-29(41)36(9,10)46)33(44)30(32(37)43)31(42)24-14-16-27(39)28(40)17-24/h11-12,14,16-17,25-26,29,39-42,46H,5,13,15,18-20H2,1-4,6-10H3/b31-30+/t25-,26-,29?,37-,38+/m1/s1. The van der Waals surface area contributed by atoms with Gasteiger partial charge < -0.3 is 25.5 Å². The van der Waals surface area contributed by atoms with E-state index in [9.17, 15) is 35.1 Å². The SMILES string of the molecule is C=C(C)[C@H](CC=C(C)C)C[C@@]12C[C@@H](CC=C(C)C)C(C)(C)[C@@](CC(O)C(C)(C)O)(C(=O)/C(=C(/O)c3ccc(O)c(O)c3)C1=O)C2=O. The van der Waals surface area contributed by atoms with Gasteiger partial charge in [-0.2, -0.15) is 0 Å². The van der Waals surface area contributed by atoms with E-state index in [1.165, 1.54) is 19.9 Å². The highest BCUT2D eigenvalue weighted by molar-refractivity contribution is 6.41. The minimum Gasteiger partial charge on any atom is -0.506 e. The minimum absolute atomic E-state index is 0.0381. The van der Waals surface area contributed by atoms with Gasteiger partial charge in [0.1, 0.15) is 16.7 Å². The van der Waals surface area contributed by atoms with Crippen molar-refractivity contribution in [1.29, 1.82) is 0 Å². The predicted octanol–water partition coefficient (Wildman–Crippen LogP) is 6.92. The van der Waals surface area contributed by atoms with Gasteiger partial charge in [-0.1, -0.05) is 49.3 Å². The average Bonchev–Trinajstić information content (AvgIpc) is 2.93. The number of aromatic hydroxyl groups is 2. The summed E-state index contributed by atoms with van der Waals surface area (Å²) in [6.45, 7) is 20.2. The molecule has 46 heavy (non-hydrogen) atoms. The molecule has 2 saturated carbocycles. The normalized spacial score (nSPS) is 26.7. The third kappa shape index (κ3) is 6.39. The van der Waals surface area contributed by atoms with Crippen molar-refractivity contribution in [2.45, 2.75) is 106 Å². The second-order valence-corrected chi connectivity index (χ2v) is 15.2. The summed E-state index contributed by atoms with van der Waals surface area (Å²) < 4.78 is 0. The van der Waals surface area contributed by atoms with Crippen LogP contribution in [0.15, 0.2) is 59.2 Å². The highest BCUT2D eigenvalue weighted by Crippen LogP contribution is 2.66. The molecule has 8 nitrogen and oxygen atoms in total. The molecule has 1 unspecified atom stereocenters. The molecule has 5 N–H and O–H groups in total. The summed E-state index contributed by atoms with van der Waals surface area (Å²) in [6, 6.07) is 3.44. The van der Waals surface area contributed by atoms with Crippen LogP contribution < -0.4 is 0 Å². The fourth-order valence-corrected chi connectivity index (χ4v) is 7.27. The molecule has 0 saturated heterocycles. The van der Waals surface area contributed by atoms with E-state index in [1.807, 2.05) is 46.8 Å². The molecule has 0 aliphatic heterocycles. The number of allylic oxidation sites excluding steroid dienone is 6. The molecule has 0 amide bonds. The Hall–Kier alpha value is -3.49. The zero-order valence-corrected chi connectivity index (χ0v) is 28.8. The lowest BCUT2D eigenvalue weighted by Crippen LogP contribution is -2.71. The highest BCUT2D eigenvalue weighted by atomic mass is 16.3. The fraction of sp³-hybridized carbons (Fsp3) is 0.553. The van der Waals surface area contributed by atoms with E-state index in [4.69, 9.17) is 0 Å². The van der Waals surface area contributed by atoms with Crippen molar-refractivity contribution >= 4 is 23.1 Å². The van der Waals surface area contributed by atoms with E-state index in [1.54, 1.807) is 13.8 Å². The number of phenolic OH excluding ortho intramolecular Hbond substituents is 2. The number of carbonyl (C=O) groups is 3. The zero-order valence-electron chi connectivity index (χ0n) is 28.8. The van der Waals surface area contributed by atoms with Crippen molar-refractivity contribution in [2.24, 2.45) is 28.1 Å². The molecule has 1 aromatic carbocycles. The third-order valence-corrected chi connectivity index (χ3v) is 10.5. The van der Waals surface area contributed by atoms with Crippen LogP contribution in [0.1, 0.15) is 100.0 Å². The van der Waals surface area contributed by atoms with Crippen molar-refractivity contribution < 1.29 is 39.9 Å². The number of rotatable bonds is 11. The molecule has 2 fully saturated rings. The Morgan fingerprint density at radius 2 is 1.57 bits per heavy atom. The van der Waals surface area contributed by atoms with E-state index in [2.05, 4.69) is 6.58 Å². The lowest BCUT2D eigenvalue weighted by molar-refractivity contribution is -0.185. The number of hydrogen-bond acceptors (Lipinski definition) is 8. The highest BCUT2D eigenvalue weighted by Gasteiger charge is 2.74. The number of benzene rings is 1. The Kier molecular flexibility index (Phi) is 10.4. The second kappa shape index (κ2) is 13.0. The molecule has 0 radical (unpaired) electrons. The molecule has 0 spiro atoms. The molecule has 8 heteroatoms. The summed E-state index contributed by atoms with van der Waals surface area (Å²) in [4.78, 5) is 45.2. The second-order valence-electron chi connectivity index (χ2n) is 15.2. The van der Waals surface area contributed by atoms with Crippen LogP contribution in [0.4, 0.5) is 0 Å². The van der Waals surface area contributed by atoms with Gasteiger partial charge in [-0.15, -0.1) is 0 Å². The van der Waals surface area contributed by atoms with Gasteiger partial charge in [0.15, 0.2) is 28.8 Å². The van der Waals surface area contributed by atoms with Gasteiger partial charge >= 0.3 is 0 Å². The van der Waals surface area contributed by atoms with Gasteiger partial charge in [0.25, 0.3) is 0 Å². The lowest BCUT2D eigenvalue weighted by Gasteiger charge is -2.61. The van der Waals surface area contributed by atoms with E-state index in [0.717, 1.165) is 28.9 Å². The first-order valence-electron chi connectivity index (χ1n) is 16.0. The summed E-state index contributed by atoms with van der Waals surface area (Å²) in [5, 5.41) is 54.0. The predicted molar refractivity (Wildman–Crippen MR) is 179 cm³/mol. The molecule has 1 aromatic rings. The zero-order chi connectivity index (χ0) is 35.2. The average molecular weight is 637 g/mol. The van der Waals surface area contributed by atoms with Crippen molar-refractivity contribution in [3.8, 4) is 11.5 Å². The molecular formula is C38H52O8. The van der Waals surface area contributed by atoms with Crippen LogP contribution in [0, 0.1) is 28.1 Å². The van der Waals surface area contributed by atoms with E-state index < -0.39 is 74.6 Å². The molecule has 3 rings (SSSR count). The number of aliphatic hydroxyl groups excluding tert-OH is 2. The van der Waals surface area contributed by atoms with Crippen LogP contribution in [0.3, 0.4) is 0 Å². The fourth-order valence-electron chi connectivity index (χ4n) is 7.27. The molecule has 252 valence electrons. The summed E-state index contributed by atoms with van der Waals surface area (Å²) in [6.07, 6.45) is 3.15. The molecule has 2 aliphatic carbocycles. The molecule has 0 aromatic heterocycles. The maximum absolute atomic E-state index is 15.3. The number of carbonyl (C=O) groups excluding carboxylic acids is 3. The first-order valence-corrected chi connectivity index (χ1v) is 16.0. The van der Waals surface area contributed by atoms with Crippen molar-refractivity contribution in [3.05, 3.63) is 64.8 Å². The topological polar surface area (TPSA) is 152 Å². The van der Waals surface area contributed by atoms with Gasteiger partial charge in [-0.3, -0.25) is 14.4 Å². The largest absolute Gasteiger partial charge is 0.506 e. The summed E-state index contributed by atoms with van der Waals surface area (Å²) in [5.74, 6) is -4.76. The third-order valence-electron chi connectivity index (χ3n) is 10.5. The number of phenols is 2. The van der Waals surface area contributed by atoms with E-state index in [0.29, 0.717) is 12.8 Å². The van der Waals surface area contributed by atoms with E-state index >= 15 is 4.79 Å². The molecule has 2 bridgehead atoms. The first kappa shape index (κ1) is 37.0. The van der Waals surface area contributed by atoms with Gasteiger partial charge in [-0.05, 0) is 116 Å². The Morgan fingerprint density at radius 3 is 2.07 bits per heavy atom.